The van der Waals surface area contributed by atoms with Gasteiger partial charge in [0.15, 0.2) is 0 Å². The Balaban J connectivity index is 1.66. The highest BCUT2D eigenvalue weighted by Gasteiger charge is 2.12. The summed E-state index contributed by atoms with van der Waals surface area (Å²) in [4.78, 5) is 0. The van der Waals surface area contributed by atoms with Crippen LogP contribution in [-0.4, -0.2) is 18.2 Å². The summed E-state index contributed by atoms with van der Waals surface area (Å²) in [6, 6.07) is 3.60. The molecule has 1 aromatic rings. The van der Waals surface area contributed by atoms with Crippen molar-refractivity contribution in [1.29, 1.82) is 0 Å². The first-order valence-corrected chi connectivity index (χ1v) is 5.93. The van der Waals surface area contributed by atoms with Gasteiger partial charge in [-0.15, -0.1) is 0 Å². The molecule has 0 bridgehead atoms. The molecule has 88 valence electrons. The molecule has 3 nitrogen and oxygen atoms in total. The zero-order valence-electron chi connectivity index (χ0n) is 9.43. The van der Waals surface area contributed by atoms with Gasteiger partial charge in [0.05, 0.1) is 6.26 Å². The Morgan fingerprint density at radius 1 is 1.50 bits per heavy atom. The molecule has 0 aliphatic heterocycles. The molecular weight excluding hydrogens is 202 g/mol. The van der Waals surface area contributed by atoms with E-state index in [2.05, 4.69) is 17.5 Å². The van der Waals surface area contributed by atoms with E-state index in [4.69, 9.17) is 4.42 Å². The standard InChI is InChI=1S/C13H19NO2/c15-12(13-7-4-8-16-13)10-14-9-11-5-2-1-3-6-11/h1-2,4,7-8,11-12,14-15H,3,5-6,9-10H2. The maximum atomic E-state index is 9.77. The summed E-state index contributed by atoms with van der Waals surface area (Å²) >= 11 is 0. The third-order valence-electron chi connectivity index (χ3n) is 3.02. The molecule has 2 unspecified atom stereocenters. The van der Waals surface area contributed by atoms with Gasteiger partial charge in [-0.1, -0.05) is 12.2 Å². The van der Waals surface area contributed by atoms with Crippen LogP contribution in [-0.2, 0) is 0 Å². The number of furan rings is 1. The van der Waals surface area contributed by atoms with Crippen molar-refractivity contribution in [1.82, 2.24) is 5.32 Å². The first-order valence-electron chi connectivity index (χ1n) is 5.93. The molecular formula is C13H19NO2. The second-order valence-corrected chi connectivity index (χ2v) is 4.34. The van der Waals surface area contributed by atoms with E-state index in [-0.39, 0.29) is 0 Å². The molecule has 3 heteroatoms. The Labute approximate surface area is 96.2 Å². The number of allylic oxidation sites excluding steroid dienone is 2. The fourth-order valence-corrected chi connectivity index (χ4v) is 2.05. The van der Waals surface area contributed by atoms with E-state index in [9.17, 15) is 5.11 Å². The minimum atomic E-state index is -0.533. The van der Waals surface area contributed by atoms with Gasteiger partial charge in [0, 0.05) is 6.54 Å². The summed E-state index contributed by atoms with van der Waals surface area (Å²) in [6.07, 6.45) is 9.14. The van der Waals surface area contributed by atoms with Crippen LogP contribution in [0.3, 0.4) is 0 Å². The molecule has 0 amide bonds. The van der Waals surface area contributed by atoms with Crippen LogP contribution in [0.1, 0.15) is 31.1 Å². The zero-order valence-corrected chi connectivity index (χ0v) is 9.43. The highest BCUT2D eigenvalue weighted by atomic mass is 16.4. The van der Waals surface area contributed by atoms with Crippen molar-refractivity contribution < 1.29 is 9.52 Å². The molecule has 0 saturated carbocycles. The van der Waals surface area contributed by atoms with E-state index in [0.29, 0.717) is 18.2 Å². The summed E-state index contributed by atoms with van der Waals surface area (Å²) in [7, 11) is 0. The van der Waals surface area contributed by atoms with Crippen molar-refractivity contribution in [3.05, 3.63) is 36.3 Å². The van der Waals surface area contributed by atoms with E-state index in [1.165, 1.54) is 12.8 Å². The number of rotatable bonds is 5. The number of hydrogen-bond donors (Lipinski definition) is 2. The summed E-state index contributed by atoms with van der Waals surface area (Å²) < 4.78 is 5.14. The highest BCUT2D eigenvalue weighted by molar-refractivity contribution is 5.02. The quantitative estimate of drug-likeness (QED) is 0.750. The molecule has 2 N–H and O–H groups in total. The van der Waals surface area contributed by atoms with Crippen LogP contribution in [0.25, 0.3) is 0 Å². The second-order valence-electron chi connectivity index (χ2n) is 4.34. The lowest BCUT2D eigenvalue weighted by molar-refractivity contribution is 0.145. The van der Waals surface area contributed by atoms with Crippen molar-refractivity contribution in [3.63, 3.8) is 0 Å². The average Bonchev–Trinajstić information content (AvgIpc) is 2.84. The zero-order chi connectivity index (χ0) is 11.2. The SMILES string of the molecule is OC(CNCC1CC=CCC1)c1ccco1. The van der Waals surface area contributed by atoms with Crippen molar-refractivity contribution in [2.75, 3.05) is 13.1 Å². The fourth-order valence-electron chi connectivity index (χ4n) is 2.05. The second kappa shape index (κ2) is 5.87. The van der Waals surface area contributed by atoms with Crippen molar-refractivity contribution >= 4 is 0 Å². The highest BCUT2D eigenvalue weighted by Crippen LogP contribution is 2.17. The molecule has 0 fully saturated rings. The van der Waals surface area contributed by atoms with Crippen LogP contribution >= 0.6 is 0 Å². The Morgan fingerprint density at radius 2 is 2.44 bits per heavy atom. The van der Waals surface area contributed by atoms with E-state index < -0.39 is 6.10 Å². The number of aliphatic hydroxyl groups excluding tert-OH is 1. The molecule has 0 spiro atoms. The maximum absolute atomic E-state index is 9.77. The normalized spacial score (nSPS) is 22.2. The van der Waals surface area contributed by atoms with Gasteiger partial charge in [-0.3, -0.25) is 0 Å². The van der Waals surface area contributed by atoms with E-state index in [0.717, 1.165) is 13.0 Å². The molecule has 2 rings (SSSR count). The van der Waals surface area contributed by atoms with Gasteiger partial charge in [0.2, 0.25) is 0 Å². The van der Waals surface area contributed by atoms with Crippen LogP contribution in [0.5, 0.6) is 0 Å². The van der Waals surface area contributed by atoms with Crippen LogP contribution in [0, 0.1) is 5.92 Å². The van der Waals surface area contributed by atoms with Crippen LogP contribution in [0.4, 0.5) is 0 Å². The third-order valence-corrected chi connectivity index (χ3v) is 3.02. The Bertz CT molecular complexity index is 319. The molecule has 16 heavy (non-hydrogen) atoms. The lowest BCUT2D eigenvalue weighted by Gasteiger charge is -2.19. The predicted octanol–water partition coefficient (Wildman–Crippen LogP) is 2.26. The fraction of sp³-hybridized carbons (Fsp3) is 0.538. The maximum Gasteiger partial charge on any atom is 0.133 e. The third kappa shape index (κ3) is 3.22. The lowest BCUT2D eigenvalue weighted by atomic mass is 9.94. The molecule has 1 aromatic heterocycles. The Kier molecular flexibility index (Phi) is 4.19. The van der Waals surface area contributed by atoms with Gasteiger partial charge in [-0.05, 0) is 43.9 Å². The van der Waals surface area contributed by atoms with Gasteiger partial charge in [0.25, 0.3) is 0 Å². The van der Waals surface area contributed by atoms with E-state index >= 15 is 0 Å². The first kappa shape index (κ1) is 11.4. The Morgan fingerprint density at radius 3 is 3.12 bits per heavy atom. The molecule has 0 saturated heterocycles. The molecule has 1 heterocycles. The van der Waals surface area contributed by atoms with Crippen LogP contribution in [0.15, 0.2) is 35.0 Å². The molecule has 1 aliphatic carbocycles. The number of aliphatic hydroxyl groups is 1. The van der Waals surface area contributed by atoms with Crippen LogP contribution < -0.4 is 5.32 Å². The first-order chi connectivity index (χ1) is 7.86. The molecule has 0 aromatic carbocycles. The number of nitrogens with one attached hydrogen (secondary N) is 1. The predicted molar refractivity (Wildman–Crippen MR) is 63.0 cm³/mol. The van der Waals surface area contributed by atoms with Crippen molar-refractivity contribution in [2.24, 2.45) is 5.92 Å². The van der Waals surface area contributed by atoms with Crippen molar-refractivity contribution in [3.8, 4) is 0 Å². The largest absolute Gasteiger partial charge is 0.467 e. The topological polar surface area (TPSA) is 45.4 Å². The minimum absolute atomic E-state index is 0.533. The van der Waals surface area contributed by atoms with Gasteiger partial charge in [-0.2, -0.15) is 0 Å². The monoisotopic (exact) mass is 221 g/mol. The summed E-state index contributed by atoms with van der Waals surface area (Å²) in [5.74, 6) is 1.35. The van der Waals surface area contributed by atoms with Crippen molar-refractivity contribution in [2.45, 2.75) is 25.4 Å². The van der Waals surface area contributed by atoms with E-state index in [1.54, 1.807) is 18.4 Å². The van der Waals surface area contributed by atoms with Crippen LogP contribution in [0.2, 0.25) is 0 Å². The smallest absolute Gasteiger partial charge is 0.133 e. The lowest BCUT2D eigenvalue weighted by Crippen LogP contribution is -2.27. The molecule has 1 aliphatic rings. The summed E-state index contributed by atoms with van der Waals surface area (Å²) in [6.45, 7) is 1.54. The van der Waals surface area contributed by atoms with Gasteiger partial charge in [0.1, 0.15) is 11.9 Å². The Hall–Kier alpha value is -1.06. The molecule has 2 atom stereocenters. The van der Waals surface area contributed by atoms with Gasteiger partial charge < -0.3 is 14.8 Å². The minimum Gasteiger partial charge on any atom is -0.467 e. The van der Waals surface area contributed by atoms with Gasteiger partial charge in [-0.25, -0.2) is 0 Å². The summed E-state index contributed by atoms with van der Waals surface area (Å²) in [5, 5.41) is 13.1. The average molecular weight is 221 g/mol. The summed E-state index contributed by atoms with van der Waals surface area (Å²) in [5.41, 5.74) is 0. The molecule has 0 radical (unpaired) electrons. The number of hydrogen-bond acceptors (Lipinski definition) is 3. The van der Waals surface area contributed by atoms with E-state index in [1.807, 2.05) is 0 Å². The van der Waals surface area contributed by atoms with Gasteiger partial charge >= 0.3 is 0 Å².